The molecule has 1 aliphatic rings. The Kier molecular flexibility index (Phi) is 4.91. The van der Waals surface area contributed by atoms with Gasteiger partial charge in [0.05, 0.1) is 0 Å². The Morgan fingerprint density at radius 1 is 1.12 bits per heavy atom. The number of aromatic nitrogens is 1. The number of furan rings is 1. The number of pyridine rings is 1. The molecule has 0 unspecified atom stereocenters. The Balaban J connectivity index is 1.34. The average Bonchev–Trinajstić information content (AvgIpc) is 3.10. The number of halogens is 1. The van der Waals surface area contributed by atoms with Crippen LogP contribution in [0.1, 0.15) is 16.2 Å². The first-order valence-electron chi connectivity index (χ1n) is 8.80. The van der Waals surface area contributed by atoms with E-state index < -0.39 is 0 Å². The molecule has 1 aromatic carbocycles. The molecule has 5 nitrogen and oxygen atoms in total. The lowest BCUT2D eigenvalue weighted by atomic mass is 10.2. The number of rotatable bonds is 4. The van der Waals surface area contributed by atoms with Crippen molar-refractivity contribution in [2.45, 2.75) is 6.42 Å². The van der Waals surface area contributed by atoms with E-state index in [4.69, 9.17) is 16.0 Å². The molecule has 2 aromatic heterocycles. The van der Waals surface area contributed by atoms with Gasteiger partial charge in [-0.15, -0.1) is 0 Å². The van der Waals surface area contributed by atoms with E-state index >= 15 is 0 Å². The highest BCUT2D eigenvalue weighted by molar-refractivity contribution is 6.31. The van der Waals surface area contributed by atoms with Crippen LogP contribution in [-0.2, 0) is 6.42 Å². The maximum absolute atomic E-state index is 12.7. The molecule has 1 aliphatic heterocycles. The highest BCUT2D eigenvalue weighted by atomic mass is 35.5. The third kappa shape index (κ3) is 3.74. The van der Waals surface area contributed by atoms with Gasteiger partial charge in [-0.3, -0.25) is 14.7 Å². The molecule has 0 aliphatic carbocycles. The van der Waals surface area contributed by atoms with E-state index in [0.29, 0.717) is 29.5 Å². The Morgan fingerprint density at radius 3 is 2.73 bits per heavy atom. The second-order valence-corrected chi connectivity index (χ2v) is 6.93. The zero-order chi connectivity index (χ0) is 17.9. The number of nitrogens with zero attached hydrogens (tertiary/aromatic N) is 3. The molecule has 4 rings (SSSR count). The van der Waals surface area contributed by atoms with Crippen molar-refractivity contribution < 1.29 is 9.21 Å². The van der Waals surface area contributed by atoms with Crippen LogP contribution in [-0.4, -0.2) is 53.4 Å². The predicted octanol–water partition coefficient (Wildman–Crippen LogP) is 3.48. The van der Waals surface area contributed by atoms with Crippen LogP contribution in [0, 0.1) is 0 Å². The quantitative estimate of drug-likeness (QED) is 0.706. The second kappa shape index (κ2) is 7.48. The van der Waals surface area contributed by atoms with Gasteiger partial charge >= 0.3 is 0 Å². The molecule has 3 aromatic rings. The van der Waals surface area contributed by atoms with E-state index in [-0.39, 0.29) is 5.91 Å². The first kappa shape index (κ1) is 17.1. The highest BCUT2D eigenvalue weighted by Crippen LogP contribution is 2.24. The summed E-state index contributed by atoms with van der Waals surface area (Å²) in [6.07, 6.45) is 2.76. The minimum atomic E-state index is -0.0540. The summed E-state index contributed by atoms with van der Waals surface area (Å²) < 4.78 is 5.70. The number of hydrogen-bond donors (Lipinski definition) is 0. The van der Waals surface area contributed by atoms with Crippen LogP contribution in [0.25, 0.3) is 11.0 Å². The Hall–Kier alpha value is -2.37. The fourth-order valence-electron chi connectivity index (χ4n) is 3.27. The van der Waals surface area contributed by atoms with E-state index in [9.17, 15) is 4.79 Å². The van der Waals surface area contributed by atoms with Crippen molar-refractivity contribution >= 4 is 28.5 Å². The molecule has 6 heteroatoms. The van der Waals surface area contributed by atoms with Crippen molar-refractivity contribution in [3.05, 3.63) is 65.1 Å². The predicted molar refractivity (Wildman–Crippen MR) is 102 cm³/mol. The number of benzene rings is 1. The fraction of sp³-hybridized carbons (Fsp3) is 0.300. The molecule has 1 fully saturated rings. The first-order chi connectivity index (χ1) is 12.7. The van der Waals surface area contributed by atoms with Gasteiger partial charge in [-0.1, -0.05) is 17.7 Å². The van der Waals surface area contributed by atoms with E-state index in [1.165, 1.54) is 0 Å². The molecule has 26 heavy (non-hydrogen) atoms. The van der Waals surface area contributed by atoms with Crippen molar-refractivity contribution in [1.29, 1.82) is 0 Å². The summed E-state index contributed by atoms with van der Waals surface area (Å²) in [6.45, 7) is 4.11. The van der Waals surface area contributed by atoms with Gasteiger partial charge in [-0.2, -0.15) is 0 Å². The van der Waals surface area contributed by atoms with E-state index in [0.717, 1.165) is 37.1 Å². The monoisotopic (exact) mass is 369 g/mol. The summed E-state index contributed by atoms with van der Waals surface area (Å²) in [4.78, 5) is 21.3. The van der Waals surface area contributed by atoms with E-state index in [2.05, 4.69) is 9.88 Å². The number of amides is 1. The number of carbonyl (C=O) groups excluding carboxylic acids is 1. The van der Waals surface area contributed by atoms with E-state index in [1.54, 1.807) is 18.2 Å². The Morgan fingerprint density at radius 2 is 1.96 bits per heavy atom. The summed E-state index contributed by atoms with van der Waals surface area (Å²) in [5.74, 6) is 0.325. The van der Waals surface area contributed by atoms with Gasteiger partial charge < -0.3 is 9.32 Å². The van der Waals surface area contributed by atoms with Crippen LogP contribution in [0.3, 0.4) is 0 Å². The van der Waals surface area contributed by atoms with Crippen LogP contribution in [0.15, 0.2) is 53.1 Å². The van der Waals surface area contributed by atoms with E-state index in [1.807, 2.05) is 35.4 Å². The third-order valence-corrected chi connectivity index (χ3v) is 4.99. The molecule has 0 N–H and O–H groups in total. The highest BCUT2D eigenvalue weighted by Gasteiger charge is 2.24. The van der Waals surface area contributed by atoms with Crippen LogP contribution >= 0.6 is 11.6 Å². The fourth-order valence-corrected chi connectivity index (χ4v) is 3.45. The maximum atomic E-state index is 12.7. The summed E-state index contributed by atoms with van der Waals surface area (Å²) >= 11 is 6.00. The Bertz CT molecular complexity index is 902. The minimum absolute atomic E-state index is 0.0540. The smallest absolute Gasteiger partial charge is 0.289 e. The van der Waals surface area contributed by atoms with Gasteiger partial charge in [0.15, 0.2) is 5.76 Å². The molecule has 0 saturated carbocycles. The summed E-state index contributed by atoms with van der Waals surface area (Å²) in [5, 5.41) is 1.49. The van der Waals surface area contributed by atoms with Crippen molar-refractivity contribution in [2.75, 3.05) is 32.7 Å². The van der Waals surface area contributed by atoms with Gasteiger partial charge in [-0.25, -0.2) is 0 Å². The van der Waals surface area contributed by atoms with Crippen molar-refractivity contribution in [1.82, 2.24) is 14.8 Å². The normalized spacial score (nSPS) is 15.5. The van der Waals surface area contributed by atoms with Gasteiger partial charge in [0, 0.05) is 61.4 Å². The number of carbonyl (C=O) groups is 1. The van der Waals surface area contributed by atoms with Crippen molar-refractivity contribution in [2.24, 2.45) is 0 Å². The molecule has 0 bridgehead atoms. The molecule has 1 saturated heterocycles. The zero-order valence-corrected chi connectivity index (χ0v) is 15.2. The maximum Gasteiger partial charge on any atom is 0.289 e. The minimum Gasteiger partial charge on any atom is -0.451 e. The average molecular weight is 370 g/mol. The number of fused-ring (bicyclic) bond motifs is 1. The lowest BCUT2D eigenvalue weighted by Gasteiger charge is -2.34. The summed E-state index contributed by atoms with van der Waals surface area (Å²) in [7, 11) is 0. The van der Waals surface area contributed by atoms with Crippen LogP contribution in [0.5, 0.6) is 0 Å². The second-order valence-electron chi connectivity index (χ2n) is 6.50. The topological polar surface area (TPSA) is 49.6 Å². The first-order valence-corrected chi connectivity index (χ1v) is 9.17. The zero-order valence-electron chi connectivity index (χ0n) is 14.4. The van der Waals surface area contributed by atoms with Crippen LogP contribution in [0.4, 0.5) is 0 Å². The lowest BCUT2D eigenvalue weighted by Crippen LogP contribution is -2.49. The molecule has 0 atom stereocenters. The van der Waals surface area contributed by atoms with Crippen molar-refractivity contribution in [3.63, 3.8) is 0 Å². The number of hydrogen-bond acceptors (Lipinski definition) is 4. The van der Waals surface area contributed by atoms with Gasteiger partial charge in [0.1, 0.15) is 5.58 Å². The summed E-state index contributed by atoms with van der Waals surface area (Å²) in [5.41, 5.74) is 1.79. The molecule has 0 radical (unpaired) electrons. The van der Waals surface area contributed by atoms with Gasteiger partial charge in [0.2, 0.25) is 0 Å². The standard InChI is InChI=1S/C20H20ClN3O2/c21-16-4-5-18-15(13-16)14-19(26-18)20(25)24-11-9-23(10-12-24)8-6-17-3-1-2-7-22-17/h1-5,7,13-14H,6,8-12H2. The molecule has 134 valence electrons. The third-order valence-electron chi connectivity index (χ3n) is 4.76. The lowest BCUT2D eigenvalue weighted by molar-refractivity contribution is 0.0609. The SMILES string of the molecule is O=C(c1cc2cc(Cl)ccc2o1)N1CCN(CCc2ccccn2)CC1. The molecular formula is C20H20ClN3O2. The molecule has 3 heterocycles. The molecule has 1 amide bonds. The molecular weight excluding hydrogens is 350 g/mol. The number of piperazine rings is 1. The Labute approximate surface area is 157 Å². The summed E-state index contributed by atoms with van der Waals surface area (Å²) in [6, 6.07) is 13.1. The van der Waals surface area contributed by atoms with Crippen molar-refractivity contribution in [3.8, 4) is 0 Å². The molecule has 0 spiro atoms. The van der Waals surface area contributed by atoms with Gasteiger partial charge in [-0.05, 0) is 36.4 Å². The van der Waals surface area contributed by atoms with Crippen LogP contribution < -0.4 is 0 Å². The van der Waals surface area contributed by atoms with Crippen LogP contribution in [0.2, 0.25) is 5.02 Å². The largest absolute Gasteiger partial charge is 0.451 e. The van der Waals surface area contributed by atoms with Gasteiger partial charge in [0.25, 0.3) is 5.91 Å².